The number of anilines is 1. The first-order valence-electron chi connectivity index (χ1n) is 14.2. The summed E-state index contributed by atoms with van der Waals surface area (Å²) in [6.45, 7) is 1.99. The molecule has 3 aromatic carbocycles. The zero-order valence-electron chi connectivity index (χ0n) is 22.8. The molecule has 0 saturated heterocycles. The Balaban J connectivity index is 1.27. The van der Waals surface area contributed by atoms with Crippen molar-refractivity contribution in [1.82, 2.24) is 14.9 Å². The van der Waals surface area contributed by atoms with Crippen LogP contribution >= 0.6 is 0 Å². The molecule has 1 aromatic heterocycles. The minimum Gasteiger partial charge on any atom is -0.493 e. The van der Waals surface area contributed by atoms with Crippen molar-refractivity contribution in [3.8, 4) is 16.9 Å². The number of para-hydroxylation sites is 2. The summed E-state index contributed by atoms with van der Waals surface area (Å²) in [7, 11) is 1.96. The fourth-order valence-corrected chi connectivity index (χ4v) is 6.41. The third-order valence-corrected chi connectivity index (χ3v) is 8.70. The maximum absolute atomic E-state index is 11.0. The van der Waals surface area contributed by atoms with Gasteiger partial charge in [-0.1, -0.05) is 54.6 Å². The molecule has 0 amide bonds. The second-order valence-corrected chi connectivity index (χ2v) is 11.1. The number of ether oxygens (including phenoxy) is 1. The normalized spacial score (nSPS) is 25.2. The topological polar surface area (TPSA) is 112 Å². The van der Waals surface area contributed by atoms with Crippen molar-refractivity contribution in [1.29, 1.82) is 0 Å². The minimum atomic E-state index is -0.975. The Hall–Kier alpha value is -3.43. The first-order chi connectivity index (χ1) is 19.6. The van der Waals surface area contributed by atoms with Crippen molar-refractivity contribution < 1.29 is 20.1 Å². The average molecular weight is 543 g/mol. The Bertz CT molecular complexity index is 1460. The van der Waals surface area contributed by atoms with E-state index in [-0.39, 0.29) is 18.6 Å². The molecule has 8 heteroatoms. The SMILES string of the molecule is CNCCCCOc1cc(CNc2nc3ccccc3n2C2C(O)C(O)C3(CO)CC23)ccc1-c1ccccc1. The van der Waals surface area contributed by atoms with Gasteiger partial charge in [-0.25, -0.2) is 4.98 Å². The minimum absolute atomic E-state index is 0.00581. The lowest BCUT2D eigenvalue weighted by molar-refractivity contribution is -0.0298. The van der Waals surface area contributed by atoms with Gasteiger partial charge in [0.25, 0.3) is 0 Å². The van der Waals surface area contributed by atoms with Gasteiger partial charge in [0.15, 0.2) is 0 Å². The van der Waals surface area contributed by atoms with Crippen molar-refractivity contribution in [2.75, 3.05) is 32.1 Å². The number of imidazole rings is 1. The van der Waals surface area contributed by atoms with Crippen LogP contribution in [0.25, 0.3) is 22.2 Å². The summed E-state index contributed by atoms with van der Waals surface area (Å²) in [5.74, 6) is 1.48. The second kappa shape index (κ2) is 11.2. The third kappa shape index (κ3) is 4.75. The maximum atomic E-state index is 11.0. The molecule has 2 aliphatic carbocycles. The summed E-state index contributed by atoms with van der Waals surface area (Å²) >= 11 is 0. The largest absolute Gasteiger partial charge is 0.493 e. The molecule has 2 aliphatic rings. The van der Waals surface area contributed by atoms with Gasteiger partial charge in [-0.15, -0.1) is 0 Å². The van der Waals surface area contributed by atoms with Gasteiger partial charge in [-0.05, 0) is 68.1 Å². The molecule has 6 rings (SSSR count). The van der Waals surface area contributed by atoms with Gasteiger partial charge in [-0.2, -0.15) is 0 Å². The van der Waals surface area contributed by atoms with Crippen LogP contribution in [0.4, 0.5) is 5.95 Å². The molecule has 2 fully saturated rings. The number of hydrogen-bond donors (Lipinski definition) is 5. The molecule has 0 radical (unpaired) electrons. The van der Waals surface area contributed by atoms with Gasteiger partial charge >= 0.3 is 0 Å². The van der Waals surface area contributed by atoms with E-state index in [1.165, 1.54) is 0 Å². The number of rotatable bonds is 12. The van der Waals surface area contributed by atoms with E-state index in [4.69, 9.17) is 9.72 Å². The number of hydrogen-bond acceptors (Lipinski definition) is 7. The zero-order chi connectivity index (χ0) is 27.7. The number of nitrogens with zero attached hydrogens (tertiary/aromatic N) is 2. The first kappa shape index (κ1) is 26.8. The van der Waals surface area contributed by atoms with E-state index >= 15 is 0 Å². The van der Waals surface area contributed by atoms with Crippen LogP contribution in [0.15, 0.2) is 72.8 Å². The summed E-state index contributed by atoms with van der Waals surface area (Å²) in [4.78, 5) is 4.86. The zero-order valence-corrected chi connectivity index (χ0v) is 22.8. The van der Waals surface area contributed by atoms with Crippen molar-refractivity contribution >= 4 is 17.0 Å². The Kier molecular flexibility index (Phi) is 7.51. The Morgan fingerprint density at radius 2 is 1.82 bits per heavy atom. The number of benzene rings is 3. The summed E-state index contributed by atoms with van der Waals surface area (Å²) < 4.78 is 8.32. The molecule has 0 bridgehead atoms. The molecule has 40 heavy (non-hydrogen) atoms. The molecular formula is C32H38N4O4. The fraction of sp³-hybridized carbons (Fsp3) is 0.406. The lowest BCUT2D eigenvalue weighted by Crippen LogP contribution is -2.35. The third-order valence-electron chi connectivity index (χ3n) is 8.70. The van der Waals surface area contributed by atoms with Gasteiger partial charge in [-0.3, -0.25) is 0 Å². The number of nitrogens with one attached hydrogen (secondary N) is 2. The van der Waals surface area contributed by atoms with Gasteiger partial charge < -0.3 is 35.3 Å². The van der Waals surface area contributed by atoms with E-state index in [0.29, 0.717) is 25.5 Å². The average Bonchev–Trinajstić information content (AvgIpc) is 3.55. The molecule has 4 aromatic rings. The first-order valence-corrected chi connectivity index (χ1v) is 14.2. The number of aromatic nitrogens is 2. The second-order valence-electron chi connectivity index (χ2n) is 11.1. The predicted molar refractivity (Wildman–Crippen MR) is 156 cm³/mol. The smallest absolute Gasteiger partial charge is 0.204 e. The van der Waals surface area contributed by atoms with Crippen LogP contribution in [-0.4, -0.2) is 63.9 Å². The molecule has 2 saturated carbocycles. The number of aliphatic hydroxyl groups is 3. The van der Waals surface area contributed by atoms with Crippen molar-refractivity contribution in [2.45, 2.75) is 44.1 Å². The van der Waals surface area contributed by atoms with Crippen molar-refractivity contribution in [3.63, 3.8) is 0 Å². The van der Waals surface area contributed by atoms with Crippen LogP contribution in [-0.2, 0) is 6.54 Å². The lowest BCUT2D eigenvalue weighted by atomic mass is 10.0. The van der Waals surface area contributed by atoms with E-state index < -0.39 is 17.6 Å². The van der Waals surface area contributed by atoms with E-state index in [1.807, 2.05) is 54.1 Å². The van der Waals surface area contributed by atoms with Crippen LogP contribution in [0.5, 0.6) is 5.75 Å². The molecule has 0 spiro atoms. The molecule has 5 N–H and O–H groups in total. The summed E-state index contributed by atoms with van der Waals surface area (Å²) in [5, 5.41) is 38.5. The summed E-state index contributed by atoms with van der Waals surface area (Å²) in [6.07, 6.45) is 0.772. The molecule has 210 valence electrons. The quantitative estimate of drug-likeness (QED) is 0.172. The highest BCUT2D eigenvalue weighted by Crippen LogP contribution is 2.67. The highest BCUT2D eigenvalue weighted by atomic mass is 16.5. The van der Waals surface area contributed by atoms with E-state index in [1.54, 1.807) is 0 Å². The highest BCUT2D eigenvalue weighted by molar-refractivity contribution is 5.79. The predicted octanol–water partition coefficient (Wildman–Crippen LogP) is 3.97. The van der Waals surface area contributed by atoms with Gasteiger partial charge in [0.05, 0.1) is 36.4 Å². The molecular weight excluding hydrogens is 504 g/mol. The highest BCUT2D eigenvalue weighted by Gasteiger charge is 2.71. The van der Waals surface area contributed by atoms with Crippen LogP contribution in [0.2, 0.25) is 0 Å². The van der Waals surface area contributed by atoms with Gasteiger partial charge in [0.1, 0.15) is 11.9 Å². The number of fused-ring (bicyclic) bond motifs is 2. The van der Waals surface area contributed by atoms with Gasteiger partial charge in [0, 0.05) is 17.5 Å². The van der Waals surface area contributed by atoms with Crippen LogP contribution in [0.1, 0.15) is 30.9 Å². The lowest BCUT2D eigenvalue weighted by Gasteiger charge is -2.25. The molecule has 1 heterocycles. The summed E-state index contributed by atoms with van der Waals surface area (Å²) in [6, 6.07) is 24.0. The molecule has 5 atom stereocenters. The van der Waals surface area contributed by atoms with Crippen molar-refractivity contribution in [2.24, 2.45) is 11.3 Å². The standard InChI is InChI=1S/C32H38N4O4/c1-33-15-7-8-16-40-27-17-21(13-14-23(27)22-9-3-2-4-10-22)19-34-31-35-25-11-5-6-12-26(25)36(31)28-24-18-32(24,20-37)30(39)29(28)38/h2-6,9-14,17,24,28-30,33,37-39H,7-8,15-16,18-20H2,1H3,(H,34,35). The van der Waals surface area contributed by atoms with Crippen LogP contribution in [0, 0.1) is 11.3 Å². The Morgan fingerprint density at radius 3 is 2.60 bits per heavy atom. The van der Waals surface area contributed by atoms with Crippen LogP contribution in [0.3, 0.4) is 0 Å². The maximum Gasteiger partial charge on any atom is 0.204 e. The summed E-state index contributed by atoms with van der Waals surface area (Å²) in [5.41, 5.74) is 4.30. The Morgan fingerprint density at radius 1 is 1.02 bits per heavy atom. The Labute approximate surface area is 234 Å². The van der Waals surface area contributed by atoms with Crippen molar-refractivity contribution in [3.05, 3.63) is 78.4 Å². The fourth-order valence-electron chi connectivity index (χ4n) is 6.41. The molecule has 5 unspecified atom stereocenters. The van der Waals surface area contributed by atoms with E-state index in [2.05, 4.69) is 41.0 Å². The number of aliphatic hydroxyl groups excluding tert-OH is 3. The monoisotopic (exact) mass is 542 g/mol. The van der Waals surface area contributed by atoms with Gasteiger partial charge in [0.2, 0.25) is 5.95 Å². The number of unbranched alkanes of at least 4 members (excludes halogenated alkanes) is 1. The molecule has 0 aliphatic heterocycles. The van der Waals surface area contributed by atoms with E-state index in [9.17, 15) is 15.3 Å². The van der Waals surface area contributed by atoms with Crippen LogP contribution < -0.4 is 15.4 Å². The molecule has 8 nitrogen and oxygen atoms in total. The van der Waals surface area contributed by atoms with E-state index in [0.717, 1.165) is 52.9 Å².